The summed E-state index contributed by atoms with van der Waals surface area (Å²) in [4.78, 5) is 22.8. The van der Waals surface area contributed by atoms with Crippen molar-refractivity contribution >= 4 is 23.4 Å². The summed E-state index contributed by atoms with van der Waals surface area (Å²) in [5.74, 6) is -1.25. The molecule has 4 N–H and O–H groups in total. The van der Waals surface area contributed by atoms with Gasteiger partial charge in [0.1, 0.15) is 11.4 Å². The fraction of sp³-hybridized carbons (Fsp3) is 0.0833. The second kappa shape index (κ2) is 4.81. The maximum Gasteiger partial charge on any atom is 0.335 e. The Morgan fingerprint density at radius 1 is 1.42 bits per heavy atom. The van der Waals surface area contributed by atoms with Crippen molar-refractivity contribution in [2.45, 2.75) is 0 Å². The second-order valence-corrected chi connectivity index (χ2v) is 3.91. The molecule has 0 radical (unpaired) electrons. The van der Waals surface area contributed by atoms with E-state index in [1.165, 1.54) is 23.0 Å². The number of nitrogen functional groups attached to an aromatic ring is 1. The van der Waals surface area contributed by atoms with Gasteiger partial charge in [-0.2, -0.15) is 5.10 Å². The normalized spacial score (nSPS) is 10.2. The summed E-state index contributed by atoms with van der Waals surface area (Å²) >= 11 is 0. The van der Waals surface area contributed by atoms with Gasteiger partial charge in [-0.15, -0.1) is 0 Å². The van der Waals surface area contributed by atoms with Gasteiger partial charge >= 0.3 is 5.97 Å². The Morgan fingerprint density at radius 3 is 2.74 bits per heavy atom. The van der Waals surface area contributed by atoms with E-state index in [-0.39, 0.29) is 16.9 Å². The average Bonchev–Trinajstić information content (AvgIpc) is 2.70. The summed E-state index contributed by atoms with van der Waals surface area (Å²) in [5, 5.41) is 15.3. The van der Waals surface area contributed by atoms with Gasteiger partial charge in [-0.25, -0.2) is 4.79 Å². The third kappa shape index (κ3) is 2.54. The number of nitrogens with two attached hydrogens (primary N) is 1. The molecule has 2 aromatic rings. The van der Waals surface area contributed by atoms with Crippen molar-refractivity contribution in [3.05, 3.63) is 41.6 Å². The molecule has 19 heavy (non-hydrogen) atoms. The Morgan fingerprint density at radius 2 is 2.16 bits per heavy atom. The van der Waals surface area contributed by atoms with Crippen LogP contribution in [0.25, 0.3) is 0 Å². The van der Waals surface area contributed by atoms with Crippen LogP contribution < -0.4 is 11.1 Å². The molecule has 0 bridgehead atoms. The number of benzene rings is 1. The molecule has 1 aromatic heterocycles. The lowest BCUT2D eigenvalue weighted by Gasteiger charge is -2.05. The number of aromatic nitrogens is 2. The topological polar surface area (TPSA) is 110 Å². The van der Waals surface area contributed by atoms with Crippen LogP contribution in [0.2, 0.25) is 0 Å². The van der Waals surface area contributed by atoms with Gasteiger partial charge in [0.2, 0.25) is 0 Å². The van der Waals surface area contributed by atoms with E-state index in [1.807, 2.05) is 0 Å². The number of nitrogens with one attached hydrogen (secondary N) is 1. The SMILES string of the molecule is Cn1ncc(C(=O)Nc2cccc(C(=O)O)c2)c1N. The molecule has 2 rings (SSSR count). The number of aryl methyl sites for hydroxylation is 1. The van der Waals surface area contributed by atoms with E-state index in [2.05, 4.69) is 10.4 Å². The smallest absolute Gasteiger partial charge is 0.335 e. The highest BCUT2D eigenvalue weighted by molar-refractivity contribution is 6.07. The van der Waals surface area contributed by atoms with Crippen molar-refractivity contribution in [1.82, 2.24) is 9.78 Å². The van der Waals surface area contributed by atoms with Gasteiger partial charge in [0, 0.05) is 12.7 Å². The minimum Gasteiger partial charge on any atom is -0.478 e. The highest BCUT2D eigenvalue weighted by atomic mass is 16.4. The van der Waals surface area contributed by atoms with Gasteiger partial charge in [0.05, 0.1) is 11.8 Å². The quantitative estimate of drug-likeness (QED) is 0.761. The van der Waals surface area contributed by atoms with Crippen LogP contribution in [0.3, 0.4) is 0 Å². The van der Waals surface area contributed by atoms with Crippen molar-refractivity contribution < 1.29 is 14.7 Å². The van der Waals surface area contributed by atoms with Crippen LogP contribution in [0.1, 0.15) is 20.7 Å². The van der Waals surface area contributed by atoms with Gasteiger partial charge in [-0.3, -0.25) is 9.48 Å². The van der Waals surface area contributed by atoms with Crippen molar-refractivity contribution in [2.24, 2.45) is 7.05 Å². The number of carboxylic acid groups (broad SMARTS) is 1. The molecule has 0 aliphatic heterocycles. The first-order valence-electron chi connectivity index (χ1n) is 5.41. The van der Waals surface area contributed by atoms with E-state index >= 15 is 0 Å². The van der Waals surface area contributed by atoms with Gasteiger partial charge in [0.15, 0.2) is 0 Å². The van der Waals surface area contributed by atoms with E-state index in [4.69, 9.17) is 10.8 Å². The zero-order chi connectivity index (χ0) is 14.0. The molecule has 7 nitrogen and oxygen atoms in total. The van der Waals surface area contributed by atoms with Crippen LogP contribution >= 0.6 is 0 Å². The Hall–Kier alpha value is -2.83. The van der Waals surface area contributed by atoms with E-state index in [1.54, 1.807) is 19.2 Å². The number of rotatable bonds is 3. The summed E-state index contributed by atoms with van der Waals surface area (Å²) in [6, 6.07) is 5.95. The standard InChI is InChI=1S/C12H12N4O3/c1-16-10(13)9(6-14-16)11(17)15-8-4-2-3-7(5-8)12(18)19/h2-6H,13H2,1H3,(H,15,17)(H,18,19). The molecule has 98 valence electrons. The second-order valence-electron chi connectivity index (χ2n) is 3.91. The molecule has 7 heteroatoms. The Bertz CT molecular complexity index is 648. The van der Waals surface area contributed by atoms with Crippen molar-refractivity contribution in [3.8, 4) is 0 Å². The molecule has 1 amide bonds. The predicted octanol–water partition coefficient (Wildman–Crippen LogP) is 0.953. The van der Waals surface area contributed by atoms with Crippen molar-refractivity contribution in [1.29, 1.82) is 0 Å². The lowest BCUT2D eigenvalue weighted by atomic mass is 10.2. The van der Waals surface area contributed by atoms with Gasteiger partial charge in [-0.05, 0) is 18.2 Å². The number of hydrogen-bond acceptors (Lipinski definition) is 4. The largest absolute Gasteiger partial charge is 0.478 e. The van der Waals surface area contributed by atoms with E-state index in [0.717, 1.165) is 0 Å². The molecule has 0 aliphatic rings. The molecule has 0 unspecified atom stereocenters. The molecule has 1 aromatic carbocycles. The first-order chi connectivity index (χ1) is 8.99. The summed E-state index contributed by atoms with van der Waals surface area (Å²) in [7, 11) is 1.62. The zero-order valence-electron chi connectivity index (χ0n) is 10.1. The van der Waals surface area contributed by atoms with Gasteiger partial charge in [0.25, 0.3) is 5.91 Å². The number of hydrogen-bond donors (Lipinski definition) is 3. The Labute approximate surface area is 108 Å². The van der Waals surface area contributed by atoms with Crippen LogP contribution in [0, 0.1) is 0 Å². The maximum atomic E-state index is 11.9. The lowest BCUT2D eigenvalue weighted by molar-refractivity contribution is 0.0696. The monoisotopic (exact) mass is 260 g/mol. The Kier molecular flexibility index (Phi) is 3.19. The highest BCUT2D eigenvalue weighted by Gasteiger charge is 2.14. The molecule has 0 saturated carbocycles. The van der Waals surface area contributed by atoms with Gasteiger partial charge in [-0.1, -0.05) is 6.07 Å². The summed E-state index contributed by atoms with van der Waals surface area (Å²) in [6.45, 7) is 0. The number of nitrogens with zero attached hydrogens (tertiary/aromatic N) is 2. The van der Waals surface area contributed by atoms with Crippen LogP contribution in [0.4, 0.5) is 11.5 Å². The van der Waals surface area contributed by atoms with E-state index < -0.39 is 11.9 Å². The first kappa shape index (κ1) is 12.6. The lowest BCUT2D eigenvalue weighted by Crippen LogP contribution is -2.14. The number of anilines is 2. The third-order valence-electron chi connectivity index (χ3n) is 2.60. The molecule has 0 aliphatic carbocycles. The molecular formula is C12H12N4O3. The Balaban J connectivity index is 2.22. The minimum absolute atomic E-state index is 0.0944. The van der Waals surface area contributed by atoms with Crippen LogP contribution in [-0.2, 0) is 7.05 Å². The zero-order valence-corrected chi connectivity index (χ0v) is 10.1. The van der Waals surface area contributed by atoms with E-state index in [0.29, 0.717) is 5.69 Å². The number of carbonyl (C=O) groups excluding carboxylic acids is 1. The third-order valence-corrected chi connectivity index (χ3v) is 2.60. The molecule has 0 atom stereocenters. The summed E-state index contributed by atoms with van der Waals surface area (Å²) in [6.07, 6.45) is 1.35. The molecule has 0 spiro atoms. The molecule has 0 saturated heterocycles. The minimum atomic E-state index is -1.06. The number of carbonyl (C=O) groups is 2. The number of carboxylic acids is 1. The van der Waals surface area contributed by atoms with Crippen LogP contribution in [-0.4, -0.2) is 26.8 Å². The van der Waals surface area contributed by atoms with Crippen LogP contribution in [0.15, 0.2) is 30.5 Å². The molecular weight excluding hydrogens is 248 g/mol. The van der Waals surface area contributed by atoms with Gasteiger partial charge < -0.3 is 16.2 Å². The molecule has 1 heterocycles. The maximum absolute atomic E-state index is 11.9. The first-order valence-corrected chi connectivity index (χ1v) is 5.41. The number of aromatic carboxylic acids is 1. The predicted molar refractivity (Wildman–Crippen MR) is 69.0 cm³/mol. The van der Waals surface area contributed by atoms with Crippen molar-refractivity contribution in [3.63, 3.8) is 0 Å². The summed E-state index contributed by atoms with van der Waals surface area (Å²) in [5.41, 5.74) is 6.40. The fourth-order valence-electron chi connectivity index (χ4n) is 1.55. The number of amides is 1. The van der Waals surface area contributed by atoms with Crippen LogP contribution in [0.5, 0.6) is 0 Å². The van der Waals surface area contributed by atoms with Crippen molar-refractivity contribution in [2.75, 3.05) is 11.1 Å². The van der Waals surface area contributed by atoms with E-state index in [9.17, 15) is 9.59 Å². The highest BCUT2D eigenvalue weighted by Crippen LogP contribution is 2.15. The fourth-order valence-corrected chi connectivity index (χ4v) is 1.55. The summed E-state index contributed by atoms with van der Waals surface area (Å²) < 4.78 is 1.38. The average molecular weight is 260 g/mol. The molecule has 0 fully saturated rings.